The Morgan fingerprint density at radius 1 is 1.06 bits per heavy atom. The summed E-state index contributed by atoms with van der Waals surface area (Å²) < 4.78 is 21.4. The second kappa shape index (κ2) is 10.5. The summed E-state index contributed by atoms with van der Waals surface area (Å²) in [6.07, 6.45) is 0. The number of nitrogens with zero attached hydrogens (tertiary/aromatic N) is 1. The molecule has 1 amide bonds. The van der Waals surface area contributed by atoms with Crippen molar-refractivity contribution in [1.82, 2.24) is 10.5 Å². The average molecular weight is 438 g/mol. The van der Waals surface area contributed by atoms with E-state index in [1.807, 2.05) is 45.0 Å². The van der Waals surface area contributed by atoms with Gasteiger partial charge in [0.05, 0.1) is 23.9 Å². The van der Waals surface area contributed by atoms with E-state index in [2.05, 4.69) is 10.5 Å². The molecular formula is C24H26N2O6. The van der Waals surface area contributed by atoms with Crippen LogP contribution in [0.15, 0.2) is 47.0 Å². The largest absolute Gasteiger partial charge is 0.493 e. The first kappa shape index (κ1) is 22.9. The molecule has 0 atom stereocenters. The van der Waals surface area contributed by atoms with Crippen LogP contribution in [0.3, 0.4) is 0 Å². The zero-order chi connectivity index (χ0) is 23.1. The summed E-state index contributed by atoms with van der Waals surface area (Å²) in [6.45, 7) is 5.86. The summed E-state index contributed by atoms with van der Waals surface area (Å²) in [5.41, 5.74) is 3.94. The number of methoxy groups -OCH3 is 1. The lowest BCUT2D eigenvalue weighted by Crippen LogP contribution is -2.28. The Balaban J connectivity index is 1.54. The predicted octanol–water partition coefficient (Wildman–Crippen LogP) is 3.66. The Hall–Kier alpha value is -3.81. The molecule has 1 aromatic heterocycles. The molecule has 0 saturated heterocycles. The van der Waals surface area contributed by atoms with Crippen molar-refractivity contribution in [3.63, 3.8) is 0 Å². The molecule has 3 rings (SSSR count). The first-order valence-corrected chi connectivity index (χ1v) is 10.1. The molecule has 0 aliphatic rings. The molecule has 8 heteroatoms. The second-order valence-electron chi connectivity index (χ2n) is 7.24. The highest BCUT2D eigenvalue weighted by Gasteiger charge is 2.16. The topological polar surface area (TPSA) is 99.9 Å². The molecule has 1 heterocycles. The van der Waals surface area contributed by atoms with Gasteiger partial charge in [0.25, 0.3) is 5.91 Å². The quantitative estimate of drug-likeness (QED) is 0.509. The van der Waals surface area contributed by atoms with E-state index in [-0.39, 0.29) is 24.7 Å². The monoisotopic (exact) mass is 438 g/mol. The van der Waals surface area contributed by atoms with Crippen LogP contribution in [-0.2, 0) is 22.7 Å². The minimum absolute atomic E-state index is 0.248. The van der Waals surface area contributed by atoms with Crippen LogP contribution >= 0.6 is 0 Å². The van der Waals surface area contributed by atoms with Crippen molar-refractivity contribution in [3.8, 4) is 11.5 Å². The van der Waals surface area contributed by atoms with Gasteiger partial charge in [0.2, 0.25) is 0 Å². The molecule has 0 bridgehead atoms. The van der Waals surface area contributed by atoms with Crippen LogP contribution in [0.1, 0.15) is 38.5 Å². The molecule has 0 unspecified atom stereocenters. The van der Waals surface area contributed by atoms with Crippen molar-refractivity contribution in [3.05, 3.63) is 76.2 Å². The number of benzene rings is 2. The lowest BCUT2D eigenvalue weighted by Gasteiger charge is -2.12. The Morgan fingerprint density at radius 2 is 1.84 bits per heavy atom. The Kier molecular flexibility index (Phi) is 7.49. The van der Waals surface area contributed by atoms with Gasteiger partial charge in [0.15, 0.2) is 18.1 Å². The molecule has 0 aliphatic heterocycles. The molecule has 0 spiro atoms. The summed E-state index contributed by atoms with van der Waals surface area (Å²) in [7, 11) is 1.48. The molecule has 3 aromatic rings. The summed E-state index contributed by atoms with van der Waals surface area (Å²) in [5.74, 6) is 0.497. The van der Waals surface area contributed by atoms with Gasteiger partial charge in [-0.2, -0.15) is 0 Å². The molecule has 0 saturated carbocycles. The minimum atomic E-state index is -0.633. The highest BCUT2D eigenvalue weighted by molar-refractivity contribution is 5.92. The fraction of sp³-hybridized carbons (Fsp3) is 0.292. The number of nitrogens with one attached hydrogen (secondary N) is 1. The number of ether oxygens (including phenoxy) is 3. The van der Waals surface area contributed by atoms with Gasteiger partial charge in [-0.1, -0.05) is 29.4 Å². The van der Waals surface area contributed by atoms with Crippen LogP contribution in [0, 0.1) is 20.8 Å². The van der Waals surface area contributed by atoms with Gasteiger partial charge in [-0.05, 0) is 50.1 Å². The van der Waals surface area contributed by atoms with Crippen LogP contribution in [0.25, 0.3) is 0 Å². The van der Waals surface area contributed by atoms with Gasteiger partial charge >= 0.3 is 5.97 Å². The van der Waals surface area contributed by atoms with Crippen LogP contribution in [0.4, 0.5) is 0 Å². The van der Waals surface area contributed by atoms with Gasteiger partial charge in [0, 0.05) is 6.54 Å². The molecule has 168 valence electrons. The Morgan fingerprint density at radius 3 is 2.53 bits per heavy atom. The van der Waals surface area contributed by atoms with E-state index in [0.717, 1.165) is 22.4 Å². The maximum atomic E-state index is 12.4. The fourth-order valence-electron chi connectivity index (χ4n) is 3.04. The number of carbonyl (C=O) groups is 2. The van der Waals surface area contributed by atoms with Crippen molar-refractivity contribution in [2.24, 2.45) is 0 Å². The molecule has 2 aromatic carbocycles. The van der Waals surface area contributed by atoms with E-state index in [9.17, 15) is 9.59 Å². The molecule has 32 heavy (non-hydrogen) atoms. The summed E-state index contributed by atoms with van der Waals surface area (Å²) in [6, 6.07) is 12.4. The maximum Gasteiger partial charge on any atom is 0.338 e. The van der Waals surface area contributed by atoms with Crippen molar-refractivity contribution < 1.29 is 28.3 Å². The fourth-order valence-corrected chi connectivity index (χ4v) is 3.04. The molecule has 1 N–H and O–H groups in total. The van der Waals surface area contributed by atoms with Crippen LogP contribution in [0.2, 0.25) is 0 Å². The van der Waals surface area contributed by atoms with Gasteiger partial charge in [-0.25, -0.2) is 4.79 Å². The summed E-state index contributed by atoms with van der Waals surface area (Å²) in [5, 5.41) is 6.64. The number of aryl methyl sites for hydroxylation is 3. The van der Waals surface area contributed by atoms with Crippen molar-refractivity contribution in [2.75, 3.05) is 13.7 Å². The van der Waals surface area contributed by atoms with E-state index in [0.29, 0.717) is 23.8 Å². The SMILES string of the molecule is COc1cc(C(=O)OCC(=O)NCc2ccccc2C)ccc1OCc1c(C)noc1C. The summed E-state index contributed by atoms with van der Waals surface area (Å²) in [4.78, 5) is 24.4. The van der Waals surface area contributed by atoms with E-state index < -0.39 is 5.97 Å². The highest BCUT2D eigenvalue weighted by Crippen LogP contribution is 2.29. The minimum Gasteiger partial charge on any atom is -0.493 e. The number of amides is 1. The van der Waals surface area contributed by atoms with E-state index >= 15 is 0 Å². The van der Waals surface area contributed by atoms with Crippen LogP contribution in [-0.4, -0.2) is 30.7 Å². The third-order valence-electron chi connectivity index (χ3n) is 5.02. The number of rotatable bonds is 9. The normalized spacial score (nSPS) is 10.5. The van der Waals surface area contributed by atoms with Crippen molar-refractivity contribution in [2.45, 2.75) is 33.9 Å². The number of aromatic nitrogens is 1. The van der Waals surface area contributed by atoms with Gasteiger partial charge in [0.1, 0.15) is 12.4 Å². The predicted molar refractivity (Wildman–Crippen MR) is 117 cm³/mol. The van der Waals surface area contributed by atoms with Crippen molar-refractivity contribution in [1.29, 1.82) is 0 Å². The summed E-state index contributed by atoms with van der Waals surface area (Å²) >= 11 is 0. The third kappa shape index (κ3) is 5.66. The molecule has 8 nitrogen and oxygen atoms in total. The zero-order valence-corrected chi connectivity index (χ0v) is 18.6. The number of esters is 1. The number of hydrogen-bond acceptors (Lipinski definition) is 7. The molecule has 0 fully saturated rings. The second-order valence-corrected chi connectivity index (χ2v) is 7.24. The zero-order valence-electron chi connectivity index (χ0n) is 18.6. The van der Waals surface area contributed by atoms with E-state index in [1.165, 1.54) is 13.2 Å². The average Bonchev–Trinajstić information content (AvgIpc) is 3.12. The van der Waals surface area contributed by atoms with Crippen molar-refractivity contribution >= 4 is 11.9 Å². The van der Waals surface area contributed by atoms with E-state index in [1.54, 1.807) is 12.1 Å². The van der Waals surface area contributed by atoms with Crippen LogP contribution in [0.5, 0.6) is 11.5 Å². The van der Waals surface area contributed by atoms with Gasteiger partial charge in [-0.15, -0.1) is 0 Å². The number of hydrogen-bond donors (Lipinski definition) is 1. The number of carbonyl (C=O) groups excluding carboxylic acids is 2. The first-order valence-electron chi connectivity index (χ1n) is 10.1. The first-order chi connectivity index (χ1) is 15.4. The lowest BCUT2D eigenvalue weighted by atomic mass is 10.1. The molecule has 0 radical (unpaired) electrons. The smallest absolute Gasteiger partial charge is 0.338 e. The molecule has 0 aliphatic carbocycles. The Bertz CT molecular complexity index is 1090. The maximum absolute atomic E-state index is 12.4. The Labute approximate surface area is 186 Å². The van der Waals surface area contributed by atoms with E-state index in [4.69, 9.17) is 18.7 Å². The third-order valence-corrected chi connectivity index (χ3v) is 5.02. The molecular weight excluding hydrogens is 412 g/mol. The van der Waals surface area contributed by atoms with Crippen LogP contribution < -0.4 is 14.8 Å². The van der Waals surface area contributed by atoms with Gasteiger partial charge in [-0.3, -0.25) is 4.79 Å². The lowest BCUT2D eigenvalue weighted by molar-refractivity contribution is -0.124. The highest BCUT2D eigenvalue weighted by atomic mass is 16.5. The van der Waals surface area contributed by atoms with Gasteiger partial charge < -0.3 is 24.1 Å². The standard InChI is InChI=1S/C24H26N2O6/c1-15-7-5-6-8-19(15)12-25-23(27)14-31-24(28)18-9-10-21(22(11-18)29-4)30-13-20-16(2)26-32-17(20)3/h5-11H,12-14H2,1-4H3,(H,25,27).